The van der Waals surface area contributed by atoms with Crippen LogP contribution in [0.15, 0.2) is 35.5 Å². The highest BCUT2D eigenvalue weighted by Gasteiger charge is 2.40. The Morgan fingerprint density at radius 1 is 1.10 bits per heavy atom. The van der Waals surface area contributed by atoms with E-state index in [-0.39, 0.29) is 16.1 Å². The summed E-state index contributed by atoms with van der Waals surface area (Å²) in [6, 6.07) is 8.19. The summed E-state index contributed by atoms with van der Waals surface area (Å²) in [6.45, 7) is 8.64. The van der Waals surface area contributed by atoms with Crippen LogP contribution in [0.5, 0.6) is 0 Å². The quantitative estimate of drug-likeness (QED) is 0.710. The van der Waals surface area contributed by atoms with Gasteiger partial charge in [0.1, 0.15) is 0 Å². The van der Waals surface area contributed by atoms with Gasteiger partial charge in [0.25, 0.3) is 0 Å². The number of ketones is 1. The molecule has 1 aromatic rings. The molecule has 21 heavy (non-hydrogen) atoms. The van der Waals surface area contributed by atoms with Gasteiger partial charge in [-0.15, -0.1) is 11.8 Å². The Hall–Kier alpha value is -1.42. The molecule has 0 amide bonds. The van der Waals surface area contributed by atoms with Crippen LogP contribution >= 0.6 is 11.8 Å². The van der Waals surface area contributed by atoms with Gasteiger partial charge in [-0.1, -0.05) is 12.1 Å². The van der Waals surface area contributed by atoms with E-state index in [0.29, 0.717) is 5.75 Å². The van der Waals surface area contributed by atoms with Gasteiger partial charge in [-0.25, -0.2) is 0 Å². The monoisotopic (exact) mass is 302 g/mol. The van der Waals surface area contributed by atoms with Crippen molar-refractivity contribution in [1.29, 1.82) is 0 Å². The Morgan fingerprint density at radius 2 is 1.76 bits per heavy atom. The molecule has 0 unspecified atom stereocenters. The van der Waals surface area contributed by atoms with Crippen molar-refractivity contribution in [3.63, 3.8) is 0 Å². The van der Waals surface area contributed by atoms with E-state index in [0.717, 1.165) is 29.1 Å². The fraction of sp³-hybridized carbons (Fsp3) is 0.471. The zero-order valence-corrected chi connectivity index (χ0v) is 13.9. The standard InChI is InChI=1S/C17H22N2OS/c1-16(2)9-13(15-14(20)10-21-17(15,3)4)18-11-7-5-6-8-12(11)19-16/h5-8,18-19H,9-10H2,1-4H3/b15-13+. The summed E-state index contributed by atoms with van der Waals surface area (Å²) < 4.78 is -0.116. The molecule has 2 aliphatic heterocycles. The lowest BCUT2D eigenvalue weighted by atomic mass is 9.90. The first kappa shape index (κ1) is 14.5. The molecule has 2 heterocycles. The third-order valence-corrected chi connectivity index (χ3v) is 5.38. The Balaban J connectivity index is 2.14. The minimum absolute atomic E-state index is 0.0917. The first-order valence-corrected chi connectivity index (χ1v) is 8.32. The second kappa shape index (κ2) is 4.80. The molecule has 3 nitrogen and oxygen atoms in total. The minimum Gasteiger partial charge on any atom is -0.378 e. The Kier molecular flexibility index (Phi) is 3.32. The maximum absolute atomic E-state index is 12.4. The molecule has 0 radical (unpaired) electrons. The third-order valence-electron chi connectivity index (χ3n) is 4.05. The van der Waals surface area contributed by atoms with Gasteiger partial charge in [0.05, 0.1) is 17.1 Å². The molecule has 1 aromatic carbocycles. The van der Waals surface area contributed by atoms with Crippen LogP contribution in [0.3, 0.4) is 0 Å². The van der Waals surface area contributed by atoms with Gasteiger partial charge in [-0.05, 0) is 39.8 Å². The third kappa shape index (κ3) is 2.69. The van der Waals surface area contributed by atoms with E-state index >= 15 is 0 Å². The maximum Gasteiger partial charge on any atom is 0.171 e. The number of Topliss-reactive ketones (excluding diaryl/α,β-unsaturated/α-hetero) is 1. The molecule has 1 fully saturated rings. The number of thioether (sulfide) groups is 1. The van der Waals surface area contributed by atoms with Crippen LogP contribution in [0.2, 0.25) is 0 Å². The van der Waals surface area contributed by atoms with Crippen LogP contribution in [0, 0.1) is 0 Å². The van der Waals surface area contributed by atoms with Gasteiger partial charge in [0, 0.05) is 28.0 Å². The fourth-order valence-corrected chi connectivity index (χ4v) is 4.18. The molecule has 112 valence electrons. The van der Waals surface area contributed by atoms with Gasteiger partial charge in [-0.3, -0.25) is 4.79 Å². The van der Waals surface area contributed by atoms with Crippen LogP contribution in [0.25, 0.3) is 0 Å². The average Bonchev–Trinajstić information content (AvgIpc) is 2.56. The summed E-state index contributed by atoms with van der Waals surface area (Å²) in [4.78, 5) is 12.4. The number of nitrogens with one attached hydrogen (secondary N) is 2. The highest BCUT2D eigenvalue weighted by Crippen LogP contribution is 2.44. The summed E-state index contributed by atoms with van der Waals surface area (Å²) in [5.74, 6) is 0.853. The normalized spacial score (nSPS) is 26.6. The number of anilines is 2. The van der Waals surface area contributed by atoms with Gasteiger partial charge in [0.15, 0.2) is 5.78 Å². The second-order valence-electron chi connectivity index (χ2n) is 6.93. The van der Waals surface area contributed by atoms with Crippen LogP contribution in [0.4, 0.5) is 11.4 Å². The molecule has 2 aliphatic rings. The first-order chi connectivity index (χ1) is 9.78. The molecule has 2 N–H and O–H groups in total. The molecule has 0 atom stereocenters. The molecule has 0 spiro atoms. The molecule has 4 heteroatoms. The molecular weight excluding hydrogens is 280 g/mol. The number of carbonyl (C=O) groups excluding carboxylic acids is 1. The molecule has 0 saturated carbocycles. The number of hydrogen-bond acceptors (Lipinski definition) is 4. The zero-order valence-electron chi connectivity index (χ0n) is 13.0. The van der Waals surface area contributed by atoms with E-state index in [4.69, 9.17) is 0 Å². The number of carbonyl (C=O) groups is 1. The summed E-state index contributed by atoms with van der Waals surface area (Å²) in [6.07, 6.45) is 0.812. The Morgan fingerprint density at radius 3 is 2.38 bits per heavy atom. The Labute approximate surface area is 130 Å². The molecule has 0 aromatic heterocycles. The van der Waals surface area contributed by atoms with Crippen LogP contribution in [-0.4, -0.2) is 21.8 Å². The predicted molar refractivity (Wildman–Crippen MR) is 91.0 cm³/mol. The Bertz CT molecular complexity index is 631. The SMILES string of the molecule is CC1(C)C/C(=C2/C(=O)CSC2(C)C)Nc2ccccc2N1. The zero-order chi connectivity index (χ0) is 15.3. The van der Waals surface area contributed by atoms with E-state index < -0.39 is 0 Å². The van der Waals surface area contributed by atoms with Gasteiger partial charge >= 0.3 is 0 Å². The molecule has 3 rings (SSSR count). The van der Waals surface area contributed by atoms with Crippen molar-refractivity contribution >= 4 is 28.9 Å². The van der Waals surface area contributed by atoms with Crippen molar-refractivity contribution in [2.75, 3.05) is 16.4 Å². The van der Waals surface area contributed by atoms with Crippen molar-refractivity contribution < 1.29 is 4.79 Å². The predicted octanol–water partition coefficient (Wildman–Crippen LogP) is 4.04. The van der Waals surface area contributed by atoms with E-state index in [1.807, 2.05) is 12.1 Å². The minimum atomic E-state index is -0.116. The summed E-state index contributed by atoms with van der Waals surface area (Å²) in [7, 11) is 0. The number of para-hydroxylation sites is 2. The molecule has 0 bridgehead atoms. The van der Waals surface area contributed by atoms with E-state index in [9.17, 15) is 4.79 Å². The van der Waals surface area contributed by atoms with Gasteiger partial charge in [-0.2, -0.15) is 0 Å². The summed E-state index contributed by atoms with van der Waals surface area (Å²) in [5.41, 5.74) is 4.07. The van der Waals surface area contributed by atoms with Crippen molar-refractivity contribution in [1.82, 2.24) is 0 Å². The van der Waals surface area contributed by atoms with Crippen molar-refractivity contribution in [3.8, 4) is 0 Å². The highest BCUT2D eigenvalue weighted by atomic mass is 32.2. The smallest absolute Gasteiger partial charge is 0.171 e. The first-order valence-electron chi connectivity index (χ1n) is 7.33. The van der Waals surface area contributed by atoms with E-state index in [2.05, 4.69) is 50.5 Å². The van der Waals surface area contributed by atoms with Crippen LogP contribution in [-0.2, 0) is 4.79 Å². The molecule has 0 aliphatic carbocycles. The van der Waals surface area contributed by atoms with E-state index in [1.165, 1.54) is 0 Å². The summed E-state index contributed by atoms with van der Waals surface area (Å²) in [5, 5.41) is 7.11. The van der Waals surface area contributed by atoms with Gasteiger partial charge in [0.2, 0.25) is 0 Å². The lowest BCUT2D eigenvalue weighted by molar-refractivity contribution is -0.113. The van der Waals surface area contributed by atoms with Crippen LogP contribution < -0.4 is 10.6 Å². The average molecular weight is 302 g/mol. The van der Waals surface area contributed by atoms with Crippen LogP contribution in [0.1, 0.15) is 34.1 Å². The van der Waals surface area contributed by atoms with Crippen molar-refractivity contribution in [2.45, 2.75) is 44.4 Å². The number of benzene rings is 1. The largest absolute Gasteiger partial charge is 0.378 e. The molecule has 1 saturated heterocycles. The fourth-order valence-electron chi connectivity index (χ4n) is 3.17. The van der Waals surface area contributed by atoms with Crippen molar-refractivity contribution in [2.24, 2.45) is 0 Å². The number of rotatable bonds is 0. The van der Waals surface area contributed by atoms with E-state index in [1.54, 1.807) is 11.8 Å². The number of fused-ring (bicyclic) bond motifs is 1. The number of hydrogen-bond donors (Lipinski definition) is 2. The van der Waals surface area contributed by atoms with Crippen molar-refractivity contribution in [3.05, 3.63) is 35.5 Å². The highest BCUT2D eigenvalue weighted by molar-refractivity contribution is 8.02. The topological polar surface area (TPSA) is 41.1 Å². The lowest BCUT2D eigenvalue weighted by Crippen LogP contribution is -2.32. The maximum atomic E-state index is 12.4. The second-order valence-corrected chi connectivity index (χ2v) is 8.53. The lowest BCUT2D eigenvalue weighted by Gasteiger charge is -2.28. The summed E-state index contributed by atoms with van der Waals surface area (Å²) >= 11 is 1.73. The molecular formula is C17H22N2OS. The van der Waals surface area contributed by atoms with Gasteiger partial charge < -0.3 is 10.6 Å².